The first-order chi connectivity index (χ1) is 11.5. The first kappa shape index (κ1) is 18.2. The predicted molar refractivity (Wildman–Crippen MR) is 94.6 cm³/mol. The van der Waals surface area contributed by atoms with Crippen molar-refractivity contribution in [1.29, 1.82) is 0 Å². The highest BCUT2D eigenvalue weighted by atomic mass is 79.9. The molecule has 0 aliphatic heterocycles. The Hall–Kier alpha value is -2.18. The number of nitrogens with zero attached hydrogens (tertiary/aromatic N) is 1. The summed E-state index contributed by atoms with van der Waals surface area (Å²) in [7, 11) is 3.14. The van der Waals surface area contributed by atoms with E-state index in [2.05, 4.69) is 15.9 Å². The lowest BCUT2D eigenvalue weighted by Gasteiger charge is -2.18. The molecule has 0 atom stereocenters. The van der Waals surface area contributed by atoms with E-state index >= 15 is 0 Å². The molecule has 2 rings (SSSR count). The van der Waals surface area contributed by atoms with Gasteiger partial charge in [0, 0.05) is 29.2 Å². The number of carbonyl (C=O) groups is 2. The smallest absolute Gasteiger partial charge is 0.254 e. The normalized spacial score (nSPS) is 10.3. The van der Waals surface area contributed by atoms with Gasteiger partial charge in [0.15, 0.2) is 5.78 Å². The van der Waals surface area contributed by atoms with Crippen LogP contribution in [0.25, 0.3) is 0 Å². The lowest BCUT2D eigenvalue weighted by Crippen LogP contribution is -2.30. The molecule has 2 aromatic carbocycles. The second kappa shape index (κ2) is 8.08. The number of hydrogen-bond donors (Lipinski definition) is 1. The molecular formula is C18H18BrNO4. The Bertz CT molecular complexity index is 743. The zero-order chi connectivity index (χ0) is 17.7. The minimum absolute atomic E-state index is 0.141. The molecular weight excluding hydrogens is 374 g/mol. The second-order valence-corrected chi connectivity index (χ2v) is 6.11. The molecule has 2 aromatic rings. The van der Waals surface area contributed by atoms with E-state index in [1.807, 2.05) is 0 Å². The number of hydrogen-bond acceptors (Lipinski definition) is 4. The van der Waals surface area contributed by atoms with E-state index in [0.717, 1.165) is 0 Å². The molecule has 0 saturated carbocycles. The maximum atomic E-state index is 12.8. The Kier molecular flexibility index (Phi) is 6.11. The van der Waals surface area contributed by atoms with E-state index < -0.39 is 0 Å². The van der Waals surface area contributed by atoms with E-state index in [4.69, 9.17) is 9.84 Å². The predicted octanol–water partition coefficient (Wildman–Crippen LogP) is 2.75. The molecule has 1 N–H and O–H groups in total. The quantitative estimate of drug-likeness (QED) is 0.768. The number of ketones is 1. The standard InChI is InChI=1S/C18H18BrNO4/c1-20(9-10-21)18(23)16-11-13(19)5-8-15(16)17(22)12-3-6-14(24-2)7-4-12/h3-8,11,21H,9-10H2,1-2H3. The van der Waals surface area contributed by atoms with Crippen molar-refractivity contribution in [1.82, 2.24) is 4.90 Å². The minimum Gasteiger partial charge on any atom is -0.497 e. The number of ether oxygens (including phenoxy) is 1. The third-order valence-corrected chi connectivity index (χ3v) is 4.08. The maximum absolute atomic E-state index is 12.8. The summed E-state index contributed by atoms with van der Waals surface area (Å²) in [6.07, 6.45) is 0. The highest BCUT2D eigenvalue weighted by Gasteiger charge is 2.21. The largest absolute Gasteiger partial charge is 0.497 e. The minimum atomic E-state index is -0.317. The fraction of sp³-hybridized carbons (Fsp3) is 0.222. The monoisotopic (exact) mass is 391 g/mol. The number of likely N-dealkylation sites (N-methyl/N-ethyl adjacent to an activating group) is 1. The van der Waals surface area contributed by atoms with E-state index in [1.54, 1.807) is 56.6 Å². The van der Waals surface area contributed by atoms with Crippen LogP contribution in [-0.4, -0.2) is 49.0 Å². The fourth-order valence-corrected chi connectivity index (χ4v) is 2.61. The highest BCUT2D eigenvalue weighted by molar-refractivity contribution is 9.10. The number of carbonyl (C=O) groups excluding carboxylic acids is 2. The first-order valence-corrected chi connectivity index (χ1v) is 8.12. The van der Waals surface area contributed by atoms with Gasteiger partial charge >= 0.3 is 0 Å². The molecule has 0 fully saturated rings. The number of amides is 1. The first-order valence-electron chi connectivity index (χ1n) is 7.32. The van der Waals surface area contributed by atoms with Gasteiger partial charge in [0.25, 0.3) is 5.91 Å². The number of methoxy groups -OCH3 is 1. The maximum Gasteiger partial charge on any atom is 0.254 e. The van der Waals surface area contributed by atoms with Gasteiger partial charge in [-0.05, 0) is 42.5 Å². The Morgan fingerprint density at radius 2 is 1.79 bits per heavy atom. The molecule has 6 heteroatoms. The lowest BCUT2D eigenvalue weighted by molar-refractivity contribution is 0.0762. The molecule has 0 heterocycles. The van der Waals surface area contributed by atoms with Crippen LogP contribution in [0.15, 0.2) is 46.9 Å². The van der Waals surface area contributed by atoms with Crippen LogP contribution in [0.4, 0.5) is 0 Å². The summed E-state index contributed by atoms with van der Waals surface area (Å²) in [6.45, 7) is 0.0551. The summed E-state index contributed by atoms with van der Waals surface area (Å²) in [6, 6.07) is 11.7. The number of aliphatic hydroxyl groups excluding tert-OH is 1. The van der Waals surface area contributed by atoms with Crippen LogP contribution in [0.2, 0.25) is 0 Å². The summed E-state index contributed by atoms with van der Waals surface area (Å²) in [4.78, 5) is 26.7. The second-order valence-electron chi connectivity index (χ2n) is 5.20. The SMILES string of the molecule is COc1ccc(C(=O)c2ccc(Br)cc2C(=O)N(C)CCO)cc1. The van der Waals surface area contributed by atoms with Crippen molar-refractivity contribution in [2.75, 3.05) is 27.3 Å². The van der Waals surface area contributed by atoms with Gasteiger partial charge in [-0.3, -0.25) is 9.59 Å². The van der Waals surface area contributed by atoms with Crippen molar-refractivity contribution in [3.63, 3.8) is 0 Å². The molecule has 0 aliphatic carbocycles. The third-order valence-electron chi connectivity index (χ3n) is 3.59. The molecule has 0 saturated heterocycles. The van der Waals surface area contributed by atoms with Gasteiger partial charge in [0.1, 0.15) is 5.75 Å². The van der Waals surface area contributed by atoms with Gasteiger partial charge in [0.2, 0.25) is 0 Å². The zero-order valence-corrected chi connectivity index (χ0v) is 15.0. The number of aliphatic hydroxyl groups is 1. The van der Waals surface area contributed by atoms with Crippen molar-refractivity contribution in [3.05, 3.63) is 63.6 Å². The number of halogens is 1. The fourth-order valence-electron chi connectivity index (χ4n) is 2.25. The van der Waals surface area contributed by atoms with E-state index in [-0.39, 0.29) is 24.8 Å². The summed E-state index contributed by atoms with van der Waals surface area (Å²) < 4.78 is 5.79. The molecule has 0 aliphatic rings. The van der Waals surface area contributed by atoms with Crippen molar-refractivity contribution in [2.45, 2.75) is 0 Å². The third kappa shape index (κ3) is 4.01. The van der Waals surface area contributed by atoms with Gasteiger partial charge in [-0.1, -0.05) is 15.9 Å². The molecule has 0 radical (unpaired) electrons. The Morgan fingerprint density at radius 1 is 1.12 bits per heavy atom. The van der Waals surface area contributed by atoms with Crippen molar-refractivity contribution < 1.29 is 19.4 Å². The van der Waals surface area contributed by atoms with Crippen LogP contribution in [0, 0.1) is 0 Å². The topological polar surface area (TPSA) is 66.8 Å². The Labute approximate surface area is 149 Å². The van der Waals surface area contributed by atoms with Crippen LogP contribution < -0.4 is 4.74 Å². The van der Waals surface area contributed by atoms with Gasteiger partial charge in [-0.15, -0.1) is 0 Å². The van der Waals surface area contributed by atoms with Gasteiger partial charge in [-0.25, -0.2) is 0 Å². The molecule has 24 heavy (non-hydrogen) atoms. The average Bonchev–Trinajstić information content (AvgIpc) is 2.60. The summed E-state index contributed by atoms with van der Waals surface area (Å²) in [5.41, 5.74) is 1.08. The highest BCUT2D eigenvalue weighted by Crippen LogP contribution is 2.22. The molecule has 0 spiro atoms. The number of rotatable bonds is 6. The van der Waals surface area contributed by atoms with Gasteiger partial charge in [-0.2, -0.15) is 0 Å². The molecule has 126 valence electrons. The Balaban J connectivity index is 2.41. The number of benzene rings is 2. The van der Waals surface area contributed by atoms with E-state index in [1.165, 1.54) is 4.90 Å². The van der Waals surface area contributed by atoms with Crippen LogP contribution in [-0.2, 0) is 0 Å². The van der Waals surface area contributed by atoms with Gasteiger partial charge < -0.3 is 14.7 Å². The summed E-state index contributed by atoms with van der Waals surface area (Å²) in [5.74, 6) is 0.0921. The zero-order valence-electron chi connectivity index (χ0n) is 13.5. The van der Waals surface area contributed by atoms with Crippen molar-refractivity contribution in [2.24, 2.45) is 0 Å². The van der Waals surface area contributed by atoms with E-state index in [0.29, 0.717) is 26.9 Å². The summed E-state index contributed by atoms with van der Waals surface area (Å²) >= 11 is 3.33. The molecule has 0 bridgehead atoms. The van der Waals surface area contributed by atoms with E-state index in [9.17, 15) is 9.59 Å². The molecule has 0 aromatic heterocycles. The van der Waals surface area contributed by atoms with Crippen LogP contribution >= 0.6 is 15.9 Å². The lowest BCUT2D eigenvalue weighted by atomic mass is 9.97. The average molecular weight is 392 g/mol. The van der Waals surface area contributed by atoms with Crippen LogP contribution in [0.5, 0.6) is 5.75 Å². The van der Waals surface area contributed by atoms with Crippen LogP contribution in [0.3, 0.4) is 0 Å². The summed E-state index contributed by atoms with van der Waals surface area (Å²) in [5, 5.41) is 9.01. The van der Waals surface area contributed by atoms with Gasteiger partial charge in [0.05, 0.1) is 19.3 Å². The molecule has 1 amide bonds. The van der Waals surface area contributed by atoms with Crippen LogP contribution in [0.1, 0.15) is 26.3 Å². The molecule has 5 nitrogen and oxygen atoms in total. The molecule has 0 unspecified atom stereocenters. The van der Waals surface area contributed by atoms with Crippen molar-refractivity contribution >= 4 is 27.6 Å². The van der Waals surface area contributed by atoms with Crippen molar-refractivity contribution in [3.8, 4) is 5.75 Å². The Morgan fingerprint density at radius 3 is 2.38 bits per heavy atom.